The van der Waals surface area contributed by atoms with Crippen LogP contribution < -0.4 is 9.64 Å². The molecule has 0 aliphatic carbocycles. The van der Waals surface area contributed by atoms with E-state index in [0.29, 0.717) is 17.1 Å². The SMILES string of the molecule is CN1C=CN(c2[c-]c(Oc3[c-]c4c(cc3)c3cc(C#N)ccc3n4-c3cc(C(C)(C)C)ccn3)cc(C(C)(C)C)c2)[CH-]1.[Pt]. The average molecular weight is 748 g/mol. The van der Waals surface area contributed by atoms with Gasteiger partial charge in [0.1, 0.15) is 5.82 Å². The number of pyridine rings is 1. The predicted molar refractivity (Wildman–Crippen MR) is 169 cm³/mol. The maximum Gasteiger partial charge on any atom is 0.135 e. The Kier molecular flexibility index (Phi) is 7.92. The van der Waals surface area contributed by atoms with Gasteiger partial charge in [-0.05, 0) is 71.6 Å². The van der Waals surface area contributed by atoms with Crippen molar-refractivity contribution in [2.45, 2.75) is 52.4 Å². The summed E-state index contributed by atoms with van der Waals surface area (Å²) in [5, 5.41) is 11.6. The normalized spacial score (nSPS) is 13.4. The van der Waals surface area contributed by atoms with Crippen LogP contribution in [-0.2, 0) is 31.9 Å². The minimum absolute atomic E-state index is 0. The van der Waals surface area contributed by atoms with Gasteiger partial charge in [0.05, 0.1) is 11.6 Å². The minimum Gasteiger partial charge on any atom is -0.510 e. The monoisotopic (exact) mass is 747 g/mol. The summed E-state index contributed by atoms with van der Waals surface area (Å²) >= 11 is 0. The number of aromatic nitrogens is 2. The second-order valence-electron chi connectivity index (χ2n) is 12.9. The van der Waals surface area contributed by atoms with Gasteiger partial charge in [0, 0.05) is 44.3 Å². The van der Waals surface area contributed by atoms with Gasteiger partial charge in [-0.2, -0.15) is 18.0 Å². The molecule has 1 aliphatic rings. The third-order valence-corrected chi connectivity index (χ3v) is 7.58. The van der Waals surface area contributed by atoms with E-state index in [1.807, 2.05) is 78.5 Å². The number of anilines is 1. The van der Waals surface area contributed by atoms with Gasteiger partial charge in [-0.3, -0.25) is 0 Å². The van der Waals surface area contributed by atoms with Gasteiger partial charge in [0.25, 0.3) is 0 Å². The number of ether oxygens (including phenoxy) is 1. The molecule has 7 heteroatoms. The van der Waals surface area contributed by atoms with Crippen LogP contribution in [0.25, 0.3) is 27.6 Å². The molecule has 0 atom stereocenters. The third kappa shape index (κ3) is 5.92. The first kappa shape index (κ1) is 30.4. The molecule has 1 aliphatic heterocycles. The van der Waals surface area contributed by atoms with E-state index >= 15 is 0 Å². The van der Waals surface area contributed by atoms with Crippen molar-refractivity contribution < 1.29 is 25.8 Å². The van der Waals surface area contributed by atoms with E-state index in [9.17, 15) is 5.26 Å². The summed E-state index contributed by atoms with van der Waals surface area (Å²) in [5.41, 5.74) is 5.51. The molecule has 0 spiro atoms. The third-order valence-electron chi connectivity index (χ3n) is 7.58. The molecule has 6 nitrogen and oxygen atoms in total. The number of rotatable bonds is 4. The summed E-state index contributed by atoms with van der Waals surface area (Å²) < 4.78 is 8.59. The van der Waals surface area contributed by atoms with E-state index in [2.05, 4.69) is 82.5 Å². The molecule has 0 saturated carbocycles. The topological polar surface area (TPSA) is 57.3 Å². The second kappa shape index (κ2) is 11.2. The number of fused-ring (bicyclic) bond motifs is 3. The van der Waals surface area contributed by atoms with Gasteiger partial charge in [0.2, 0.25) is 0 Å². The fourth-order valence-corrected chi connectivity index (χ4v) is 5.17. The van der Waals surface area contributed by atoms with Gasteiger partial charge in [-0.15, -0.1) is 47.0 Å². The van der Waals surface area contributed by atoms with Crippen molar-refractivity contribution in [1.82, 2.24) is 14.5 Å². The molecular formula is C36H34N5OPt-3. The molecule has 0 saturated heterocycles. The van der Waals surface area contributed by atoms with Crippen molar-refractivity contribution in [2.24, 2.45) is 0 Å². The molecule has 2 aromatic heterocycles. The first-order chi connectivity index (χ1) is 19.9. The van der Waals surface area contributed by atoms with Crippen molar-refractivity contribution in [1.29, 1.82) is 5.26 Å². The summed E-state index contributed by atoms with van der Waals surface area (Å²) in [7, 11) is 2.00. The van der Waals surface area contributed by atoms with Crippen LogP contribution >= 0.6 is 0 Å². The van der Waals surface area contributed by atoms with E-state index in [4.69, 9.17) is 9.72 Å². The van der Waals surface area contributed by atoms with Crippen molar-refractivity contribution in [3.8, 4) is 23.4 Å². The van der Waals surface area contributed by atoms with E-state index in [-0.39, 0.29) is 31.9 Å². The first-order valence-corrected chi connectivity index (χ1v) is 14.1. The molecule has 0 radical (unpaired) electrons. The molecule has 6 rings (SSSR count). The largest absolute Gasteiger partial charge is 0.510 e. The van der Waals surface area contributed by atoms with Gasteiger partial charge in [0.15, 0.2) is 0 Å². The van der Waals surface area contributed by atoms with E-state index in [1.54, 1.807) is 0 Å². The van der Waals surface area contributed by atoms with Gasteiger partial charge in [-0.1, -0.05) is 47.1 Å². The van der Waals surface area contributed by atoms with Crippen LogP contribution in [0.4, 0.5) is 5.69 Å². The Hall–Kier alpha value is -4.07. The number of nitrogens with zero attached hydrogens (tertiary/aromatic N) is 5. The molecule has 3 heterocycles. The van der Waals surface area contributed by atoms with Gasteiger partial charge >= 0.3 is 0 Å². The molecule has 43 heavy (non-hydrogen) atoms. The predicted octanol–water partition coefficient (Wildman–Crippen LogP) is 8.38. The molecular weight excluding hydrogens is 714 g/mol. The number of hydrogen-bond acceptors (Lipinski definition) is 5. The van der Waals surface area contributed by atoms with Crippen molar-refractivity contribution in [3.63, 3.8) is 0 Å². The Morgan fingerprint density at radius 1 is 0.837 bits per heavy atom. The van der Waals surface area contributed by atoms with Crippen LogP contribution in [0.2, 0.25) is 0 Å². The minimum atomic E-state index is -0.0837. The van der Waals surface area contributed by atoms with Gasteiger partial charge in [-0.25, -0.2) is 4.98 Å². The molecule has 0 amide bonds. The molecule has 0 fully saturated rings. The molecule has 3 aromatic carbocycles. The standard InChI is InChI=1S/C36H34N5O.Pt/c1-35(2,3)25-12-13-38-34(19-25)41-32-11-8-24(22-37)16-31(32)30-10-9-28(21-33(30)41)42-29-18-26(36(4,5)6)17-27(20-29)40-15-14-39(7)23-40;/h8-19,23H,1-7H3;/q-3;. The molecule has 5 aromatic rings. The first-order valence-electron chi connectivity index (χ1n) is 14.1. The number of nitriles is 1. The number of hydrogen-bond donors (Lipinski definition) is 0. The molecule has 0 unspecified atom stereocenters. The van der Waals surface area contributed by atoms with Crippen molar-refractivity contribution in [2.75, 3.05) is 11.9 Å². The smallest absolute Gasteiger partial charge is 0.135 e. The Balaban J connectivity index is 0.00000368. The van der Waals surface area contributed by atoms with Crippen LogP contribution in [0.1, 0.15) is 58.2 Å². The summed E-state index contributed by atoms with van der Waals surface area (Å²) in [6.07, 6.45) is 5.86. The summed E-state index contributed by atoms with van der Waals surface area (Å²) in [6.45, 7) is 15.2. The fraction of sp³-hybridized carbons (Fsp3) is 0.250. The Labute approximate surface area is 268 Å². The second-order valence-corrected chi connectivity index (χ2v) is 12.9. The molecule has 0 N–H and O–H groups in total. The molecule has 222 valence electrons. The summed E-state index contributed by atoms with van der Waals surface area (Å²) in [6, 6.07) is 27.4. The Morgan fingerprint density at radius 3 is 2.28 bits per heavy atom. The van der Waals surface area contributed by atoms with Crippen LogP contribution in [-0.4, -0.2) is 21.5 Å². The zero-order chi connectivity index (χ0) is 29.8. The molecule has 0 bridgehead atoms. The van der Waals surface area contributed by atoms with Crippen LogP contribution in [0.15, 0.2) is 73.2 Å². The van der Waals surface area contributed by atoms with E-state index < -0.39 is 0 Å². The number of benzene rings is 3. The average Bonchev–Trinajstić information content (AvgIpc) is 3.52. The van der Waals surface area contributed by atoms with E-state index in [0.717, 1.165) is 38.9 Å². The fourth-order valence-electron chi connectivity index (χ4n) is 5.17. The zero-order valence-corrected chi connectivity index (χ0v) is 27.7. The quantitative estimate of drug-likeness (QED) is 0.173. The Bertz CT molecular complexity index is 1900. The van der Waals surface area contributed by atoms with Crippen LogP contribution in [0.5, 0.6) is 11.5 Å². The maximum absolute atomic E-state index is 9.61. The summed E-state index contributed by atoms with van der Waals surface area (Å²) in [4.78, 5) is 8.80. The summed E-state index contributed by atoms with van der Waals surface area (Å²) in [5.74, 6) is 1.99. The van der Waals surface area contributed by atoms with Crippen LogP contribution in [0.3, 0.4) is 0 Å². The van der Waals surface area contributed by atoms with Crippen molar-refractivity contribution in [3.05, 3.63) is 109 Å². The van der Waals surface area contributed by atoms with Crippen LogP contribution in [0, 0.1) is 30.1 Å². The van der Waals surface area contributed by atoms with E-state index in [1.165, 1.54) is 5.56 Å². The Morgan fingerprint density at radius 2 is 1.60 bits per heavy atom. The zero-order valence-electron chi connectivity index (χ0n) is 25.5. The van der Waals surface area contributed by atoms with Gasteiger partial charge < -0.3 is 19.1 Å². The maximum atomic E-state index is 9.61. The van der Waals surface area contributed by atoms with Crippen molar-refractivity contribution >= 4 is 27.5 Å².